The highest BCUT2D eigenvalue weighted by Crippen LogP contribution is 2.19. The summed E-state index contributed by atoms with van der Waals surface area (Å²) in [5.41, 5.74) is 5.93. The van der Waals surface area contributed by atoms with Crippen molar-refractivity contribution in [2.45, 2.75) is 32.7 Å². The normalized spacial score (nSPS) is 21.8. The Hall–Kier alpha value is -1.20. The molecule has 1 amide bonds. The highest BCUT2D eigenvalue weighted by atomic mass is 32.1. The minimum atomic E-state index is 0.0800. The molecule has 1 aliphatic rings. The van der Waals surface area contributed by atoms with Crippen LogP contribution in [0, 0.1) is 12.8 Å². The van der Waals surface area contributed by atoms with Gasteiger partial charge in [-0.2, -0.15) is 0 Å². The third-order valence-corrected chi connectivity index (χ3v) is 4.42. The van der Waals surface area contributed by atoms with E-state index in [1.54, 1.807) is 23.6 Å². The van der Waals surface area contributed by atoms with Crippen LogP contribution >= 0.6 is 11.3 Å². The second-order valence-corrected chi connectivity index (χ2v) is 6.43. The van der Waals surface area contributed by atoms with Gasteiger partial charge in [0, 0.05) is 36.3 Å². The molecule has 1 aromatic heterocycles. The van der Waals surface area contributed by atoms with Crippen LogP contribution in [0.25, 0.3) is 6.08 Å². The Kier molecular flexibility index (Phi) is 4.71. The molecule has 0 aliphatic carbocycles. The fourth-order valence-electron chi connectivity index (χ4n) is 2.35. The Morgan fingerprint density at radius 3 is 3.11 bits per heavy atom. The quantitative estimate of drug-likeness (QED) is 0.862. The number of amides is 1. The van der Waals surface area contributed by atoms with Crippen LogP contribution in [0.4, 0.5) is 0 Å². The first-order chi connectivity index (χ1) is 9.06. The van der Waals surface area contributed by atoms with Crippen LogP contribution in [0.3, 0.4) is 0 Å². The number of carbonyl (C=O) groups excluding carboxylic acids is 1. The predicted molar refractivity (Wildman–Crippen MR) is 78.8 cm³/mol. The van der Waals surface area contributed by atoms with Gasteiger partial charge in [0.15, 0.2) is 0 Å². The molecule has 1 saturated heterocycles. The van der Waals surface area contributed by atoms with Crippen LogP contribution in [0.5, 0.6) is 0 Å². The number of carbonyl (C=O) groups is 1. The Balaban J connectivity index is 1.94. The summed E-state index contributed by atoms with van der Waals surface area (Å²) in [6.07, 6.45) is 7.47. The lowest BCUT2D eigenvalue weighted by Crippen LogP contribution is -2.44. The number of nitrogens with two attached hydrogens (primary N) is 1. The molecule has 1 aliphatic heterocycles. The molecular weight excluding hydrogens is 258 g/mol. The van der Waals surface area contributed by atoms with E-state index in [1.165, 1.54) is 0 Å². The van der Waals surface area contributed by atoms with Gasteiger partial charge in [-0.3, -0.25) is 4.79 Å². The van der Waals surface area contributed by atoms with E-state index in [1.807, 2.05) is 24.8 Å². The molecule has 0 saturated carbocycles. The summed E-state index contributed by atoms with van der Waals surface area (Å²) in [4.78, 5) is 19.2. The fourth-order valence-corrected chi connectivity index (χ4v) is 3.04. The van der Waals surface area contributed by atoms with Gasteiger partial charge in [0.2, 0.25) is 5.91 Å². The lowest BCUT2D eigenvalue weighted by Gasteiger charge is -2.34. The number of thiazole rings is 1. The lowest BCUT2D eigenvalue weighted by atomic mass is 9.92. The van der Waals surface area contributed by atoms with Gasteiger partial charge in [-0.05, 0) is 38.7 Å². The summed E-state index contributed by atoms with van der Waals surface area (Å²) in [6.45, 7) is 5.60. The second-order valence-electron chi connectivity index (χ2n) is 5.16. The third-order valence-electron chi connectivity index (χ3n) is 3.54. The zero-order valence-corrected chi connectivity index (χ0v) is 12.3. The Morgan fingerprint density at radius 2 is 2.47 bits per heavy atom. The number of nitrogens with zero attached hydrogens (tertiary/aromatic N) is 2. The van der Waals surface area contributed by atoms with Crippen molar-refractivity contribution in [1.82, 2.24) is 9.88 Å². The molecule has 0 spiro atoms. The van der Waals surface area contributed by atoms with E-state index in [0.29, 0.717) is 5.92 Å². The predicted octanol–water partition coefficient (Wildman–Crippen LogP) is 2.05. The molecule has 2 unspecified atom stereocenters. The van der Waals surface area contributed by atoms with Crippen LogP contribution in [0.2, 0.25) is 0 Å². The van der Waals surface area contributed by atoms with E-state index in [-0.39, 0.29) is 11.9 Å². The zero-order chi connectivity index (χ0) is 13.8. The SMILES string of the molecule is Cc1ncc(C=CC(=O)N2CCCC(C(C)N)C2)s1. The molecule has 2 N–H and O–H groups in total. The first kappa shape index (κ1) is 14.2. The molecule has 104 valence electrons. The van der Waals surface area contributed by atoms with Crippen molar-refractivity contribution in [1.29, 1.82) is 0 Å². The Morgan fingerprint density at radius 1 is 1.68 bits per heavy atom. The van der Waals surface area contributed by atoms with Crippen molar-refractivity contribution in [3.63, 3.8) is 0 Å². The molecule has 1 fully saturated rings. The summed E-state index contributed by atoms with van der Waals surface area (Å²) < 4.78 is 0. The fraction of sp³-hybridized carbons (Fsp3) is 0.571. The van der Waals surface area contributed by atoms with Crippen molar-refractivity contribution in [2.24, 2.45) is 11.7 Å². The maximum Gasteiger partial charge on any atom is 0.246 e. The molecule has 0 radical (unpaired) electrons. The highest BCUT2D eigenvalue weighted by molar-refractivity contribution is 7.12. The number of hydrogen-bond donors (Lipinski definition) is 1. The molecule has 2 atom stereocenters. The second kappa shape index (κ2) is 6.30. The van der Waals surface area contributed by atoms with E-state index in [4.69, 9.17) is 5.73 Å². The minimum Gasteiger partial charge on any atom is -0.339 e. The lowest BCUT2D eigenvalue weighted by molar-refractivity contribution is -0.127. The van der Waals surface area contributed by atoms with Gasteiger partial charge in [0.1, 0.15) is 0 Å². The van der Waals surface area contributed by atoms with Crippen LogP contribution in [0.1, 0.15) is 29.7 Å². The van der Waals surface area contributed by atoms with E-state index < -0.39 is 0 Å². The average molecular weight is 279 g/mol. The van der Waals surface area contributed by atoms with Crippen molar-refractivity contribution in [2.75, 3.05) is 13.1 Å². The molecule has 0 aromatic carbocycles. The summed E-state index contributed by atoms with van der Waals surface area (Å²) in [5, 5.41) is 1.02. The highest BCUT2D eigenvalue weighted by Gasteiger charge is 2.24. The maximum absolute atomic E-state index is 12.1. The standard InChI is InChI=1S/C14H21N3OS/c1-10(15)12-4-3-7-17(9-12)14(18)6-5-13-8-16-11(2)19-13/h5-6,8,10,12H,3-4,7,9,15H2,1-2H3. The smallest absolute Gasteiger partial charge is 0.246 e. The molecule has 19 heavy (non-hydrogen) atoms. The number of piperidine rings is 1. The summed E-state index contributed by atoms with van der Waals surface area (Å²) in [5.74, 6) is 0.508. The van der Waals surface area contributed by atoms with Crippen LogP contribution in [0.15, 0.2) is 12.3 Å². The Labute approximate surface area is 118 Å². The maximum atomic E-state index is 12.1. The van der Waals surface area contributed by atoms with E-state index >= 15 is 0 Å². The van der Waals surface area contributed by atoms with Crippen LogP contribution in [-0.4, -0.2) is 34.9 Å². The van der Waals surface area contributed by atoms with Crippen LogP contribution < -0.4 is 5.73 Å². The van der Waals surface area contributed by atoms with Gasteiger partial charge in [0.05, 0.1) is 5.01 Å². The van der Waals surface area contributed by atoms with Crippen LogP contribution in [-0.2, 0) is 4.79 Å². The topological polar surface area (TPSA) is 59.2 Å². The van der Waals surface area contributed by atoms with Gasteiger partial charge < -0.3 is 10.6 Å². The van der Waals surface area contributed by atoms with Gasteiger partial charge in [-0.25, -0.2) is 4.98 Å². The summed E-state index contributed by atoms with van der Waals surface area (Å²) in [7, 11) is 0. The summed E-state index contributed by atoms with van der Waals surface area (Å²) >= 11 is 1.59. The average Bonchev–Trinajstić information content (AvgIpc) is 2.82. The van der Waals surface area contributed by atoms with Gasteiger partial charge in [0.25, 0.3) is 0 Å². The monoisotopic (exact) mass is 279 g/mol. The third kappa shape index (κ3) is 3.88. The molecule has 2 heterocycles. The number of aryl methyl sites for hydroxylation is 1. The first-order valence-corrected chi connectivity index (χ1v) is 7.53. The van der Waals surface area contributed by atoms with Gasteiger partial charge in [-0.1, -0.05) is 0 Å². The zero-order valence-electron chi connectivity index (χ0n) is 11.5. The largest absolute Gasteiger partial charge is 0.339 e. The van der Waals surface area contributed by atoms with Gasteiger partial charge >= 0.3 is 0 Å². The number of likely N-dealkylation sites (tertiary alicyclic amines) is 1. The number of aromatic nitrogens is 1. The van der Waals surface area contributed by atoms with Gasteiger partial charge in [-0.15, -0.1) is 11.3 Å². The number of rotatable bonds is 3. The van der Waals surface area contributed by atoms with E-state index in [9.17, 15) is 4.79 Å². The molecule has 0 bridgehead atoms. The van der Waals surface area contributed by atoms with Crippen molar-refractivity contribution in [3.05, 3.63) is 22.2 Å². The minimum absolute atomic E-state index is 0.0800. The number of hydrogen-bond acceptors (Lipinski definition) is 4. The molecule has 2 rings (SSSR count). The van der Waals surface area contributed by atoms with Crippen molar-refractivity contribution < 1.29 is 4.79 Å². The molecule has 5 heteroatoms. The van der Waals surface area contributed by atoms with E-state index in [2.05, 4.69) is 4.98 Å². The van der Waals surface area contributed by atoms with Crippen molar-refractivity contribution >= 4 is 23.3 Å². The van der Waals surface area contributed by atoms with Crippen molar-refractivity contribution in [3.8, 4) is 0 Å². The summed E-state index contributed by atoms with van der Waals surface area (Å²) in [6, 6.07) is 0.156. The molecule has 1 aromatic rings. The Bertz CT molecular complexity index is 467. The molecular formula is C14H21N3OS. The van der Waals surface area contributed by atoms with E-state index in [0.717, 1.165) is 35.8 Å². The first-order valence-electron chi connectivity index (χ1n) is 6.71. The molecule has 4 nitrogen and oxygen atoms in total.